The number of nitrogens with one attached hydrogen (secondary N) is 1. The summed E-state index contributed by atoms with van der Waals surface area (Å²) in [7, 11) is 3.16. The van der Waals surface area contributed by atoms with E-state index < -0.39 is 0 Å². The van der Waals surface area contributed by atoms with Gasteiger partial charge in [0, 0.05) is 11.6 Å². The van der Waals surface area contributed by atoms with Crippen LogP contribution in [0.5, 0.6) is 17.2 Å². The highest BCUT2D eigenvalue weighted by Gasteiger charge is 2.17. The molecule has 0 saturated carbocycles. The number of benzene rings is 2. The second-order valence-electron chi connectivity index (χ2n) is 4.97. The molecule has 0 aliphatic heterocycles. The Hall–Kier alpha value is -3.15. The van der Waals surface area contributed by atoms with Gasteiger partial charge in [0.15, 0.2) is 5.82 Å². The minimum absolute atomic E-state index is 0.0859. The maximum Gasteiger partial charge on any atom is 0.153 e. The largest absolute Gasteiger partial charge is 0.507 e. The average molecular weight is 311 g/mol. The first-order valence-electron chi connectivity index (χ1n) is 6.99. The number of phenols is 1. The fraction of sp³-hybridized carbons (Fsp3) is 0.118. The Labute approximate surface area is 133 Å². The van der Waals surface area contributed by atoms with Gasteiger partial charge in [-0.1, -0.05) is 12.1 Å². The van der Waals surface area contributed by atoms with Crippen LogP contribution in [0.25, 0.3) is 22.4 Å². The lowest BCUT2D eigenvalue weighted by Crippen LogP contribution is -1.90. The summed E-state index contributed by atoms with van der Waals surface area (Å²) in [5.74, 6) is 1.78. The molecule has 2 aromatic carbocycles. The standard InChI is InChI=1S/C17H17N3O3/c1-22-11-5-3-10(4-6-11)15-16(19-20-17(15)18)13-8-7-12(23-2)9-14(13)21/h3-9,21H,1-2H3,(H3,18,19,20). The molecule has 6 nitrogen and oxygen atoms in total. The molecule has 6 heteroatoms. The van der Waals surface area contributed by atoms with Crippen molar-refractivity contribution in [3.05, 3.63) is 42.5 Å². The van der Waals surface area contributed by atoms with E-state index in [2.05, 4.69) is 10.2 Å². The Kier molecular flexibility index (Phi) is 3.80. The third kappa shape index (κ3) is 2.66. The summed E-state index contributed by atoms with van der Waals surface area (Å²) in [6.07, 6.45) is 0. The van der Waals surface area contributed by atoms with Crippen LogP contribution in [0.1, 0.15) is 0 Å². The monoisotopic (exact) mass is 311 g/mol. The van der Waals surface area contributed by atoms with Crippen molar-refractivity contribution in [2.45, 2.75) is 0 Å². The fourth-order valence-corrected chi connectivity index (χ4v) is 2.45. The molecule has 0 aliphatic carbocycles. The number of methoxy groups -OCH3 is 2. The highest BCUT2D eigenvalue weighted by molar-refractivity contribution is 5.89. The molecule has 0 radical (unpaired) electrons. The van der Waals surface area contributed by atoms with Gasteiger partial charge in [-0.2, -0.15) is 5.10 Å². The van der Waals surface area contributed by atoms with Crippen LogP contribution in [0.4, 0.5) is 5.82 Å². The number of hydrogen-bond acceptors (Lipinski definition) is 5. The summed E-state index contributed by atoms with van der Waals surface area (Å²) in [6.45, 7) is 0. The smallest absolute Gasteiger partial charge is 0.153 e. The Morgan fingerprint density at radius 2 is 1.65 bits per heavy atom. The van der Waals surface area contributed by atoms with Gasteiger partial charge in [0.1, 0.15) is 17.2 Å². The van der Waals surface area contributed by atoms with Crippen molar-refractivity contribution in [3.8, 4) is 39.6 Å². The number of phenolic OH excluding ortho intramolecular Hbond substituents is 1. The molecular weight excluding hydrogens is 294 g/mol. The summed E-state index contributed by atoms with van der Waals surface area (Å²) in [4.78, 5) is 0. The SMILES string of the molecule is COc1ccc(-c2c(N)n[nH]c2-c2ccc(OC)cc2O)cc1. The van der Waals surface area contributed by atoms with Crippen molar-refractivity contribution < 1.29 is 14.6 Å². The molecule has 0 spiro atoms. The van der Waals surface area contributed by atoms with E-state index in [1.165, 1.54) is 0 Å². The number of H-pyrrole nitrogens is 1. The van der Waals surface area contributed by atoms with Gasteiger partial charge in [-0.05, 0) is 29.8 Å². The first-order valence-corrected chi connectivity index (χ1v) is 6.99. The Morgan fingerprint density at radius 3 is 2.26 bits per heavy atom. The molecule has 1 aromatic heterocycles. The molecule has 0 saturated heterocycles. The van der Waals surface area contributed by atoms with E-state index >= 15 is 0 Å². The molecule has 0 amide bonds. The molecule has 4 N–H and O–H groups in total. The van der Waals surface area contributed by atoms with Crippen LogP contribution in [-0.2, 0) is 0 Å². The number of nitrogens with zero attached hydrogens (tertiary/aromatic N) is 1. The predicted molar refractivity (Wildman–Crippen MR) is 88.6 cm³/mol. The van der Waals surface area contributed by atoms with Crippen LogP contribution in [0.2, 0.25) is 0 Å². The summed E-state index contributed by atoms with van der Waals surface area (Å²) >= 11 is 0. The molecule has 3 rings (SSSR count). The molecule has 0 fully saturated rings. The summed E-state index contributed by atoms with van der Waals surface area (Å²) < 4.78 is 10.3. The number of aromatic nitrogens is 2. The van der Waals surface area contributed by atoms with Crippen LogP contribution in [0, 0.1) is 0 Å². The minimum atomic E-state index is 0.0859. The number of anilines is 1. The molecule has 3 aromatic rings. The lowest BCUT2D eigenvalue weighted by atomic mass is 10.00. The zero-order valence-electron chi connectivity index (χ0n) is 12.8. The van der Waals surface area contributed by atoms with Crippen LogP contribution in [0.15, 0.2) is 42.5 Å². The van der Waals surface area contributed by atoms with Crippen molar-refractivity contribution in [2.24, 2.45) is 0 Å². The molecule has 0 atom stereocenters. The van der Waals surface area contributed by atoms with Crippen molar-refractivity contribution in [1.29, 1.82) is 0 Å². The van der Waals surface area contributed by atoms with Gasteiger partial charge in [0.25, 0.3) is 0 Å². The molecule has 118 valence electrons. The van der Waals surface area contributed by atoms with Crippen molar-refractivity contribution in [1.82, 2.24) is 10.2 Å². The maximum absolute atomic E-state index is 10.3. The fourth-order valence-electron chi connectivity index (χ4n) is 2.45. The zero-order valence-corrected chi connectivity index (χ0v) is 12.8. The molecule has 0 unspecified atom stereocenters. The highest BCUT2D eigenvalue weighted by Crippen LogP contribution is 2.40. The first kappa shape index (κ1) is 14.8. The van der Waals surface area contributed by atoms with Gasteiger partial charge in [-0.15, -0.1) is 0 Å². The quantitative estimate of drug-likeness (QED) is 0.688. The van der Waals surface area contributed by atoms with Crippen LogP contribution >= 0.6 is 0 Å². The maximum atomic E-state index is 10.3. The van der Waals surface area contributed by atoms with E-state index in [9.17, 15) is 5.11 Å². The van der Waals surface area contributed by atoms with Gasteiger partial charge < -0.3 is 20.3 Å². The summed E-state index contributed by atoms with van der Waals surface area (Å²) in [6, 6.07) is 12.6. The number of rotatable bonds is 4. The van der Waals surface area contributed by atoms with Crippen LogP contribution < -0.4 is 15.2 Å². The molecule has 23 heavy (non-hydrogen) atoms. The van der Waals surface area contributed by atoms with E-state index in [1.807, 2.05) is 24.3 Å². The van der Waals surface area contributed by atoms with Gasteiger partial charge >= 0.3 is 0 Å². The topological polar surface area (TPSA) is 93.4 Å². The lowest BCUT2D eigenvalue weighted by Gasteiger charge is -2.09. The molecule has 1 heterocycles. The number of aromatic hydroxyl groups is 1. The average Bonchev–Trinajstić information content (AvgIpc) is 2.96. The van der Waals surface area contributed by atoms with E-state index in [4.69, 9.17) is 15.2 Å². The summed E-state index contributed by atoms with van der Waals surface area (Å²) in [5.41, 5.74) is 8.86. The minimum Gasteiger partial charge on any atom is -0.507 e. The number of aromatic amines is 1. The van der Waals surface area contributed by atoms with Gasteiger partial charge in [0.05, 0.1) is 25.5 Å². The number of ether oxygens (including phenoxy) is 2. The Balaban J connectivity index is 2.11. The first-order chi connectivity index (χ1) is 11.1. The Bertz CT molecular complexity index is 826. The third-order valence-electron chi connectivity index (χ3n) is 3.65. The van der Waals surface area contributed by atoms with Crippen molar-refractivity contribution >= 4 is 5.82 Å². The zero-order chi connectivity index (χ0) is 16.4. The van der Waals surface area contributed by atoms with E-state index in [0.29, 0.717) is 22.8 Å². The van der Waals surface area contributed by atoms with Crippen LogP contribution in [-0.4, -0.2) is 29.5 Å². The van der Waals surface area contributed by atoms with Crippen molar-refractivity contribution in [2.75, 3.05) is 20.0 Å². The second kappa shape index (κ2) is 5.92. The molecular formula is C17H17N3O3. The normalized spacial score (nSPS) is 10.5. The number of nitrogens with two attached hydrogens (primary N) is 1. The van der Waals surface area contributed by atoms with E-state index in [-0.39, 0.29) is 5.75 Å². The van der Waals surface area contributed by atoms with Crippen molar-refractivity contribution in [3.63, 3.8) is 0 Å². The highest BCUT2D eigenvalue weighted by atomic mass is 16.5. The molecule has 0 aliphatic rings. The van der Waals surface area contributed by atoms with E-state index in [1.54, 1.807) is 32.4 Å². The number of hydrogen-bond donors (Lipinski definition) is 3. The lowest BCUT2D eigenvalue weighted by molar-refractivity contribution is 0.408. The van der Waals surface area contributed by atoms with Gasteiger partial charge in [0.2, 0.25) is 0 Å². The third-order valence-corrected chi connectivity index (χ3v) is 3.65. The van der Waals surface area contributed by atoms with Crippen LogP contribution in [0.3, 0.4) is 0 Å². The van der Waals surface area contributed by atoms with Gasteiger partial charge in [-0.3, -0.25) is 5.10 Å². The molecule has 0 bridgehead atoms. The number of nitrogen functional groups attached to an aromatic ring is 1. The second-order valence-corrected chi connectivity index (χ2v) is 4.97. The van der Waals surface area contributed by atoms with Gasteiger partial charge in [-0.25, -0.2) is 0 Å². The summed E-state index contributed by atoms with van der Waals surface area (Å²) in [5, 5.41) is 17.2. The Morgan fingerprint density at radius 1 is 1.00 bits per heavy atom. The van der Waals surface area contributed by atoms with E-state index in [0.717, 1.165) is 16.9 Å². The predicted octanol–water partition coefficient (Wildman–Crippen LogP) is 3.05.